The molecule has 0 spiro atoms. The summed E-state index contributed by atoms with van der Waals surface area (Å²) in [5, 5.41) is 0. The van der Waals surface area contributed by atoms with Gasteiger partial charge in [0.05, 0.1) is 6.61 Å². The highest BCUT2D eigenvalue weighted by atomic mass is 19.1. The molecule has 0 saturated carbocycles. The van der Waals surface area contributed by atoms with Crippen molar-refractivity contribution in [2.24, 2.45) is 5.73 Å². The molecule has 0 amide bonds. The molecule has 118 valence electrons. The average molecular weight is 301 g/mol. The van der Waals surface area contributed by atoms with E-state index in [0.29, 0.717) is 18.9 Å². The van der Waals surface area contributed by atoms with Gasteiger partial charge in [-0.15, -0.1) is 0 Å². The zero-order valence-corrected chi connectivity index (χ0v) is 13.5. The van der Waals surface area contributed by atoms with Crippen LogP contribution in [0.25, 0.3) is 0 Å². The van der Waals surface area contributed by atoms with Crippen LogP contribution < -0.4 is 10.5 Å². The van der Waals surface area contributed by atoms with Crippen LogP contribution in [0, 0.1) is 26.6 Å². The van der Waals surface area contributed by atoms with Crippen molar-refractivity contribution in [3.8, 4) is 5.75 Å². The molecule has 0 aliphatic heterocycles. The fourth-order valence-electron chi connectivity index (χ4n) is 3.09. The van der Waals surface area contributed by atoms with Gasteiger partial charge < -0.3 is 10.5 Å². The summed E-state index contributed by atoms with van der Waals surface area (Å²) >= 11 is 0. The summed E-state index contributed by atoms with van der Waals surface area (Å²) in [5.41, 5.74) is 11.1. The van der Waals surface area contributed by atoms with E-state index in [9.17, 15) is 4.39 Å². The molecule has 0 aliphatic rings. The summed E-state index contributed by atoms with van der Waals surface area (Å²) in [6, 6.07) is 10.6. The molecule has 0 fully saturated rings. The second-order valence-corrected chi connectivity index (χ2v) is 5.84. The van der Waals surface area contributed by atoms with Gasteiger partial charge in [0.1, 0.15) is 11.6 Å². The zero-order valence-electron chi connectivity index (χ0n) is 13.5. The molecule has 0 heterocycles. The van der Waals surface area contributed by atoms with E-state index in [1.54, 1.807) is 12.1 Å². The number of halogens is 1. The minimum atomic E-state index is -0.280. The fraction of sp³-hybridized carbons (Fsp3) is 0.368. The second-order valence-electron chi connectivity index (χ2n) is 5.84. The van der Waals surface area contributed by atoms with Gasteiger partial charge in [-0.25, -0.2) is 4.39 Å². The minimum Gasteiger partial charge on any atom is -0.493 e. The molecule has 0 saturated heterocycles. The Labute approximate surface area is 132 Å². The Morgan fingerprint density at radius 1 is 1.09 bits per heavy atom. The number of nitrogens with two attached hydrogens (primary N) is 1. The third-order valence-corrected chi connectivity index (χ3v) is 3.96. The lowest BCUT2D eigenvalue weighted by atomic mass is 9.87. The molecular weight excluding hydrogens is 277 g/mol. The maximum absolute atomic E-state index is 13.1. The molecule has 1 atom stereocenters. The quantitative estimate of drug-likeness (QED) is 0.865. The van der Waals surface area contributed by atoms with Crippen LogP contribution >= 0.6 is 0 Å². The topological polar surface area (TPSA) is 35.2 Å². The van der Waals surface area contributed by atoms with Gasteiger partial charge in [0, 0.05) is 6.07 Å². The normalized spacial score (nSPS) is 12.2. The lowest BCUT2D eigenvalue weighted by Gasteiger charge is -2.21. The van der Waals surface area contributed by atoms with Crippen molar-refractivity contribution in [1.29, 1.82) is 0 Å². The van der Waals surface area contributed by atoms with E-state index in [-0.39, 0.29) is 11.7 Å². The average Bonchev–Trinajstić information content (AvgIpc) is 2.44. The lowest BCUT2D eigenvalue weighted by molar-refractivity contribution is 0.296. The van der Waals surface area contributed by atoms with Crippen LogP contribution in [0.3, 0.4) is 0 Å². The summed E-state index contributed by atoms with van der Waals surface area (Å²) in [7, 11) is 0. The van der Waals surface area contributed by atoms with Gasteiger partial charge in [0.25, 0.3) is 0 Å². The van der Waals surface area contributed by atoms with Crippen molar-refractivity contribution in [3.63, 3.8) is 0 Å². The predicted octanol–water partition coefficient (Wildman–Crippen LogP) is 4.26. The largest absolute Gasteiger partial charge is 0.493 e. The Bertz CT molecular complexity index is 616. The van der Waals surface area contributed by atoms with Gasteiger partial charge in [-0.3, -0.25) is 0 Å². The predicted molar refractivity (Wildman–Crippen MR) is 89.0 cm³/mol. The van der Waals surface area contributed by atoms with Crippen LogP contribution in [-0.2, 0) is 0 Å². The maximum Gasteiger partial charge on any atom is 0.126 e. The van der Waals surface area contributed by atoms with Crippen molar-refractivity contribution in [3.05, 3.63) is 64.5 Å². The van der Waals surface area contributed by atoms with E-state index >= 15 is 0 Å². The smallest absolute Gasteiger partial charge is 0.126 e. The molecule has 2 aromatic carbocycles. The third-order valence-electron chi connectivity index (χ3n) is 3.96. The lowest BCUT2D eigenvalue weighted by Crippen LogP contribution is -2.18. The Balaban J connectivity index is 2.04. The molecular formula is C19H24FNO. The van der Waals surface area contributed by atoms with E-state index in [2.05, 4.69) is 32.9 Å². The number of benzene rings is 2. The van der Waals surface area contributed by atoms with E-state index in [1.165, 1.54) is 34.4 Å². The van der Waals surface area contributed by atoms with Crippen molar-refractivity contribution in [2.75, 3.05) is 13.2 Å². The number of aryl methyl sites for hydroxylation is 3. The summed E-state index contributed by atoms with van der Waals surface area (Å²) < 4.78 is 18.8. The number of hydrogen-bond donors (Lipinski definition) is 1. The summed E-state index contributed by atoms with van der Waals surface area (Å²) in [6.07, 6.45) is 0.817. The molecule has 3 heteroatoms. The van der Waals surface area contributed by atoms with Crippen LogP contribution in [0.4, 0.5) is 4.39 Å². The first-order valence-electron chi connectivity index (χ1n) is 7.67. The van der Waals surface area contributed by atoms with Crippen molar-refractivity contribution < 1.29 is 9.13 Å². The highest BCUT2D eigenvalue weighted by Crippen LogP contribution is 2.27. The second kappa shape index (κ2) is 7.41. The molecule has 2 rings (SSSR count). The van der Waals surface area contributed by atoms with Gasteiger partial charge >= 0.3 is 0 Å². The molecule has 0 bridgehead atoms. The van der Waals surface area contributed by atoms with E-state index in [4.69, 9.17) is 10.5 Å². The first kappa shape index (κ1) is 16.5. The number of ether oxygens (including phenoxy) is 1. The van der Waals surface area contributed by atoms with Crippen LogP contribution in [0.5, 0.6) is 5.75 Å². The van der Waals surface area contributed by atoms with E-state index in [1.807, 2.05) is 0 Å². The molecule has 22 heavy (non-hydrogen) atoms. The van der Waals surface area contributed by atoms with Crippen LogP contribution in [0.15, 0.2) is 36.4 Å². The van der Waals surface area contributed by atoms with E-state index in [0.717, 1.165) is 6.42 Å². The molecule has 2 N–H and O–H groups in total. The molecule has 2 aromatic rings. The van der Waals surface area contributed by atoms with Crippen LogP contribution in [0.2, 0.25) is 0 Å². The summed E-state index contributed by atoms with van der Waals surface area (Å²) in [6.45, 7) is 7.47. The maximum atomic E-state index is 13.1. The highest BCUT2D eigenvalue weighted by molar-refractivity contribution is 5.40. The van der Waals surface area contributed by atoms with Gasteiger partial charge in [-0.2, -0.15) is 0 Å². The van der Waals surface area contributed by atoms with Crippen LogP contribution in [0.1, 0.15) is 34.6 Å². The summed E-state index contributed by atoms with van der Waals surface area (Å²) in [4.78, 5) is 0. The van der Waals surface area contributed by atoms with Crippen molar-refractivity contribution in [2.45, 2.75) is 33.1 Å². The first-order chi connectivity index (χ1) is 10.5. The van der Waals surface area contributed by atoms with Crippen molar-refractivity contribution >= 4 is 0 Å². The standard InChI is InChI=1S/C19H24FNO/c1-13-9-14(2)19(15(3)10-13)16(12-21)7-8-22-18-6-4-5-17(20)11-18/h4-6,9-11,16H,7-8,12,21H2,1-3H3. The molecule has 0 aliphatic carbocycles. The van der Waals surface area contributed by atoms with E-state index < -0.39 is 0 Å². The van der Waals surface area contributed by atoms with Gasteiger partial charge in [-0.1, -0.05) is 23.8 Å². The van der Waals surface area contributed by atoms with Gasteiger partial charge in [-0.05, 0) is 68.5 Å². The monoisotopic (exact) mass is 301 g/mol. The molecule has 0 aromatic heterocycles. The highest BCUT2D eigenvalue weighted by Gasteiger charge is 2.15. The first-order valence-corrected chi connectivity index (χ1v) is 7.67. The fourth-order valence-corrected chi connectivity index (χ4v) is 3.09. The molecule has 0 radical (unpaired) electrons. The number of hydrogen-bond acceptors (Lipinski definition) is 2. The zero-order chi connectivity index (χ0) is 16.1. The molecule has 1 unspecified atom stereocenters. The third kappa shape index (κ3) is 4.08. The Kier molecular flexibility index (Phi) is 5.56. The van der Waals surface area contributed by atoms with Gasteiger partial charge in [0.15, 0.2) is 0 Å². The Morgan fingerprint density at radius 3 is 2.36 bits per heavy atom. The Morgan fingerprint density at radius 2 is 1.77 bits per heavy atom. The molecule has 2 nitrogen and oxygen atoms in total. The van der Waals surface area contributed by atoms with Crippen molar-refractivity contribution in [1.82, 2.24) is 0 Å². The van der Waals surface area contributed by atoms with Crippen LogP contribution in [-0.4, -0.2) is 13.2 Å². The number of rotatable bonds is 6. The Hall–Kier alpha value is -1.87. The minimum absolute atomic E-state index is 0.258. The SMILES string of the molecule is Cc1cc(C)c(C(CN)CCOc2cccc(F)c2)c(C)c1. The van der Waals surface area contributed by atoms with Gasteiger partial charge in [0.2, 0.25) is 0 Å². The summed E-state index contributed by atoms with van der Waals surface area (Å²) in [5.74, 6) is 0.542.